The van der Waals surface area contributed by atoms with Gasteiger partial charge in [0.1, 0.15) is 17.2 Å². The number of esters is 1. The van der Waals surface area contributed by atoms with Crippen LogP contribution in [0.3, 0.4) is 0 Å². The average molecular weight is 446 g/mol. The van der Waals surface area contributed by atoms with E-state index in [0.717, 1.165) is 21.2 Å². The molecule has 0 N–H and O–H groups in total. The third-order valence-corrected chi connectivity index (χ3v) is 5.91. The molecule has 0 amide bonds. The molecule has 1 heterocycles. The Hall–Kier alpha value is -3.64. The third kappa shape index (κ3) is 4.65. The first-order valence-corrected chi connectivity index (χ1v) is 11.1. The fourth-order valence-corrected chi connectivity index (χ4v) is 4.37. The highest BCUT2D eigenvalue weighted by atomic mass is 32.1. The van der Waals surface area contributed by atoms with Crippen molar-refractivity contribution in [1.82, 2.24) is 0 Å². The van der Waals surface area contributed by atoms with Crippen molar-refractivity contribution in [3.63, 3.8) is 0 Å². The van der Waals surface area contributed by atoms with Gasteiger partial charge in [-0.3, -0.25) is 0 Å². The first-order chi connectivity index (χ1) is 15.7. The summed E-state index contributed by atoms with van der Waals surface area (Å²) in [7, 11) is 1.61. The van der Waals surface area contributed by atoms with Gasteiger partial charge in [0, 0.05) is 21.9 Å². The number of carbonyl (C=O) groups excluding carboxylic acids is 1. The van der Waals surface area contributed by atoms with Crippen molar-refractivity contribution in [1.29, 1.82) is 0 Å². The smallest absolute Gasteiger partial charge is 0.341 e. The van der Waals surface area contributed by atoms with Gasteiger partial charge in [-0.05, 0) is 30.7 Å². The van der Waals surface area contributed by atoms with E-state index in [4.69, 9.17) is 14.2 Å². The fraction of sp³-hybridized carbons (Fsp3) is 0.154. The summed E-state index contributed by atoms with van der Waals surface area (Å²) in [5, 5.41) is 1.44. The lowest BCUT2D eigenvalue weighted by atomic mass is 10.1. The van der Waals surface area contributed by atoms with Crippen LogP contribution in [0.5, 0.6) is 11.5 Å². The predicted molar refractivity (Wildman–Crippen MR) is 129 cm³/mol. The maximum absolute atomic E-state index is 12.6. The van der Waals surface area contributed by atoms with E-state index in [2.05, 4.69) is 4.99 Å². The molecule has 0 unspecified atom stereocenters. The summed E-state index contributed by atoms with van der Waals surface area (Å²) >= 11 is 1.45. The largest absolute Gasteiger partial charge is 0.493 e. The molecule has 5 nitrogen and oxygen atoms in total. The highest BCUT2D eigenvalue weighted by Crippen LogP contribution is 2.39. The van der Waals surface area contributed by atoms with E-state index in [1.54, 1.807) is 20.2 Å². The van der Waals surface area contributed by atoms with Crippen LogP contribution in [0.2, 0.25) is 0 Å². The molecular weight excluding hydrogens is 422 g/mol. The van der Waals surface area contributed by atoms with E-state index in [-0.39, 0.29) is 5.97 Å². The van der Waals surface area contributed by atoms with Gasteiger partial charge in [-0.25, -0.2) is 9.79 Å². The molecule has 0 radical (unpaired) electrons. The minimum absolute atomic E-state index is 0.305. The number of para-hydroxylation sites is 1. The van der Waals surface area contributed by atoms with Gasteiger partial charge in [0.05, 0.1) is 13.7 Å². The molecule has 4 rings (SSSR count). The topological polar surface area (TPSA) is 57.1 Å². The molecule has 0 spiro atoms. The minimum atomic E-state index is -0.372. The second-order valence-corrected chi connectivity index (χ2v) is 7.94. The number of nitrogens with zero attached hydrogens (tertiary/aromatic N) is 1. The Balaban J connectivity index is 1.70. The van der Waals surface area contributed by atoms with Crippen molar-refractivity contribution < 1.29 is 19.0 Å². The zero-order valence-electron chi connectivity index (χ0n) is 17.9. The first-order valence-electron chi connectivity index (χ1n) is 10.3. The maximum atomic E-state index is 12.6. The number of ether oxygens (including phenoxy) is 3. The summed E-state index contributed by atoms with van der Waals surface area (Å²) in [6, 6.07) is 23.3. The van der Waals surface area contributed by atoms with Crippen LogP contribution in [0.25, 0.3) is 10.1 Å². The minimum Gasteiger partial charge on any atom is -0.493 e. The molecule has 0 saturated heterocycles. The molecule has 162 valence electrons. The zero-order valence-corrected chi connectivity index (χ0v) is 18.7. The number of benzene rings is 3. The fourth-order valence-electron chi connectivity index (χ4n) is 3.33. The lowest BCUT2D eigenvalue weighted by Crippen LogP contribution is -2.04. The van der Waals surface area contributed by atoms with Gasteiger partial charge in [0.25, 0.3) is 0 Å². The molecule has 0 aliphatic carbocycles. The highest BCUT2D eigenvalue weighted by Gasteiger charge is 2.20. The summed E-state index contributed by atoms with van der Waals surface area (Å²) in [4.78, 5) is 17.3. The highest BCUT2D eigenvalue weighted by molar-refractivity contribution is 7.23. The van der Waals surface area contributed by atoms with Gasteiger partial charge in [-0.2, -0.15) is 0 Å². The second-order valence-electron chi connectivity index (χ2n) is 6.91. The number of hydrogen-bond acceptors (Lipinski definition) is 6. The number of hydrogen-bond donors (Lipinski definition) is 0. The summed E-state index contributed by atoms with van der Waals surface area (Å²) < 4.78 is 17.9. The van der Waals surface area contributed by atoms with Crippen molar-refractivity contribution in [3.05, 3.63) is 89.5 Å². The standard InChI is InChI=1S/C26H23NO4S/c1-3-30-26(28)23-20-13-7-8-15-22(20)32-25(23)27-16-19-12-9-14-21(29-2)24(19)31-17-18-10-5-4-6-11-18/h4-16H,3,17H2,1-2H3. The molecule has 0 saturated carbocycles. The van der Waals surface area contributed by atoms with Crippen LogP contribution < -0.4 is 9.47 Å². The molecule has 4 aromatic rings. The number of aliphatic imine (C=N–C) groups is 1. The molecule has 32 heavy (non-hydrogen) atoms. The molecule has 3 aromatic carbocycles. The lowest BCUT2D eigenvalue weighted by Gasteiger charge is -2.13. The van der Waals surface area contributed by atoms with Gasteiger partial charge in [-0.15, -0.1) is 11.3 Å². The second kappa shape index (κ2) is 10.1. The van der Waals surface area contributed by atoms with E-state index < -0.39 is 0 Å². The van der Waals surface area contributed by atoms with E-state index >= 15 is 0 Å². The molecule has 1 aromatic heterocycles. The van der Waals surface area contributed by atoms with Gasteiger partial charge in [0.15, 0.2) is 11.5 Å². The number of fused-ring (bicyclic) bond motifs is 1. The summed E-state index contributed by atoms with van der Waals surface area (Å²) in [5.74, 6) is 0.844. The lowest BCUT2D eigenvalue weighted by molar-refractivity contribution is 0.0530. The predicted octanol–water partition coefficient (Wildman–Crippen LogP) is 6.42. The SMILES string of the molecule is CCOC(=O)c1c(N=Cc2cccc(OC)c2OCc2ccccc2)sc2ccccc12. The molecule has 0 aliphatic rings. The Bertz CT molecular complexity index is 1250. The van der Waals surface area contributed by atoms with Gasteiger partial charge >= 0.3 is 5.97 Å². The van der Waals surface area contributed by atoms with E-state index in [1.807, 2.05) is 72.8 Å². The Labute approximate surface area is 190 Å². The summed E-state index contributed by atoms with van der Waals surface area (Å²) in [5.41, 5.74) is 2.29. The van der Waals surface area contributed by atoms with Crippen LogP contribution in [-0.2, 0) is 11.3 Å². The zero-order chi connectivity index (χ0) is 22.3. The summed E-state index contributed by atoms with van der Waals surface area (Å²) in [6.45, 7) is 2.50. The van der Waals surface area contributed by atoms with E-state index in [9.17, 15) is 4.79 Å². The van der Waals surface area contributed by atoms with Crippen LogP contribution in [0.15, 0.2) is 77.8 Å². The molecule has 0 fully saturated rings. The van der Waals surface area contributed by atoms with E-state index in [0.29, 0.717) is 35.3 Å². The molecule has 6 heteroatoms. The molecule has 0 atom stereocenters. The summed E-state index contributed by atoms with van der Waals surface area (Å²) in [6.07, 6.45) is 1.70. The number of carbonyl (C=O) groups is 1. The molecule has 0 bridgehead atoms. The van der Waals surface area contributed by atoms with Crippen LogP contribution in [0, 0.1) is 0 Å². The van der Waals surface area contributed by atoms with Crippen LogP contribution in [-0.4, -0.2) is 25.9 Å². The Morgan fingerprint density at radius 1 is 1.00 bits per heavy atom. The number of thiophene rings is 1. The van der Waals surface area contributed by atoms with Crippen molar-refractivity contribution in [2.24, 2.45) is 4.99 Å². The van der Waals surface area contributed by atoms with Crippen molar-refractivity contribution in [2.45, 2.75) is 13.5 Å². The number of methoxy groups -OCH3 is 1. The average Bonchev–Trinajstić information content (AvgIpc) is 3.20. The quantitative estimate of drug-likeness (QED) is 0.232. The van der Waals surface area contributed by atoms with E-state index in [1.165, 1.54) is 11.3 Å². The number of rotatable bonds is 8. The van der Waals surface area contributed by atoms with Crippen molar-refractivity contribution in [3.8, 4) is 11.5 Å². The van der Waals surface area contributed by atoms with Crippen molar-refractivity contribution >= 4 is 38.6 Å². The molecule has 0 aliphatic heterocycles. The molecular formula is C26H23NO4S. The van der Waals surface area contributed by atoms with Crippen LogP contribution >= 0.6 is 11.3 Å². The Morgan fingerprint density at radius 2 is 1.78 bits per heavy atom. The van der Waals surface area contributed by atoms with Gasteiger partial charge in [-0.1, -0.05) is 54.6 Å². The van der Waals surface area contributed by atoms with Crippen LogP contribution in [0.1, 0.15) is 28.4 Å². The monoisotopic (exact) mass is 445 g/mol. The van der Waals surface area contributed by atoms with Gasteiger partial charge in [0.2, 0.25) is 0 Å². The van der Waals surface area contributed by atoms with Crippen LogP contribution in [0.4, 0.5) is 5.00 Å². The van der Waals surface area contributed by atoms with Gasteiger partial charge < -0.3 is 14.2 Å². The first kappa shape index (κ1) is 21.6. The Kier molecular flexibility index (Phi) is 6.82. The normalized spacial score (nSPS) is 11.1. The maximum Gasteiger partial charge on any atom is 0.341 e. The Morgan fingerprint density at radius 3 is 2.56 bits per heavy atom. The van der Waals surface area contributed by atoms with Crippen molar-refractivity contribution in [2.75, 3.05) is 13.7 Å². The third-order valence-electron chi connectivity index (χ3n) is 4.83.